The molecule has 1 fully saturated rings. The number of aliphatic imine (C=N–C) groups is 1. The monoisotopic (exact) mass is 383 g/mol. The number of carbonyl (C=O) groups is 2. The van der Waals surface area contributed by atoms with E-state index in [1.165, 1.54) is 30.4 Å². The largest absolute Gasteiger partial charge is 0.349 e. The summed E-state index contributed by atoms with van der Waals surface area (Å²) in [4.78, 5) is 33.2. The fourth-order valence-electron chi connectivity index (χ4n) is 4.32. The number of benzene rings is 1. The van der Waals surface area contributed by atoms with E-state index in [4.69, 9.17) is 0 Å². The number of urea groups is 1. The average Bonchev–Trinajstić information content (AvgIpc) is 3.03. The van der Waals surface area contributed by atoms with Crippen molar-refractivity contribution >= 4 is 17.9 Å². The molecule has 2 aliphatic heterocycles. The van der Waals surface area contributed by atoms with Crippen molar-refractivity contribution < 1.29 is 9.59 Å². The first-order valence-corrected chi connectivity index (χ1v) is 10.2. The highest BCUT2D eigenvalue weighted by Gasteiger charge is 2.46. The van der Waals surface area contributed by atoms with Gasteiger partial charge in [0.25, 0.3) is 5.91 Å². The van der Waals surface area contributed by atoms with Gasteiger partial charge in [-0.05, 0) is 55.2 Å². The van der Waals surface area contributed by atoms with E-state index in [0.717, 1.165) is 12.0 Å². The Bertz CT molecular complexity index is 809. The number of fused-ring (bicyclic) bond motifs is 1. The number of guanidine groups is 1. The van der Waals surface area contributed by atoms with Gasteiger partial charge in [-0.25, -0.2) is 9.79 Å². The van der Waals surface area contributed by atoms with E-state index in [1.54, 1.807) is 4.90 Å². The molecule has 0 radical (unpaired) electrons. The topological polar surface area (TPSA) is 77.0 Å². The van der Waals surface area contributed by atoms with Crippen molar-refractivity contribution in [3.8, 4) is 0 Å². The molecule has 7 heteroatoms. The van der Waals surface area contributed by atoms with E-state index in [2.05, 4.69) is 33.8 Å². The van der Waals surface area contributed by atoms with Gasteiger partial charge in [0.1, 0.15) is 5.54 Å². The van der Waals surface area contributed by atoms with E-state index in [0.29, 0.717) is 38.4 Å². The van der Waals surface area contributed by atoms with Gasteiger partial charge in [0.05, 0.1) is 0 Å². The van der Waals surface area contributed by atoms with Crippen LogP contribution in [0.15, 0.2) is 23.2 Å². The number of piperidine rings is 1. The van der Waals surface area contributed by atoms with Crippen molar-refractivity contribution in [2.75, 3.05) is 27.2 Å². The van der Waals surface area contributed by atoms with Crippen molar-refractivity contribution in [3.05, 3.63) is 34.9 Å². The third kappa shape index (κ3) is 3.57. The zero-order chi connectivity index (χ0) is 19.7. The predicted octanol–water partition coefficient (Wildman–Crippen LogP) is 1.66. The summed E-state index contributed by atoms with van der Waals surface area (Å²) >= 11 is 0. The summed E-state index contributed by atoms with van der Waals surface area (Å²) in [6.45, 7) is 1.61. The second-order valence-electron chi connectivity index (χ2n) is 8.27. The molecule has 0 bridgehead atoms. The van der Waals surface area contributed by atoms with E-state index in [9.17, 15) is 9.59 Å². The van der Waals surface area contributed by atoms with Gasteiger partial charge in [0, 0.05) is 33.7 Å². The molecule has 1 aromatic rings. The first kappa shape index (κ1) is 18.8. The maximum absolute atomic E-state index is 12.6. The predicted molar refractivity (Wildman–Crippen MR) is 108 cm³/mol. The van der Waals surface area contributed by atoms with Crippen LogP contribution in [0.2, 0.25) is 0 Å². The van der Waals surface area contributed by atoms with E-state index in [-0.39, 0.29) is 11.9 Å². The number of hydrogen-bond donors (Lipinski definition) is 2. The second kappa shape index (κ2) is 7.45. The molecule has 3 aliphatic rings. The van der Waals surface area contributed by atoms with Crippen LogP contribution in [0.5, 0.6) is 0 Å². The Hall–Kier alpha value is -2.57. The number of carbonyl (C=O) groups excluding carboxylic acids is 2. The summed E-state index contributed by atoms with van der Waals surface area (Å²) in [7, 11) is 3.73. The summed E-state index contributed by atoms with van der Waals surface area (Å²) in [6.07, 6.45) is 5.96. The number of nitrogens with one attached hydrogen (secondary N) is 2. The molecule has 28 heavy (non-hydrogen) atoms. The number of amides is 3. The van der Waals surface area contributed by atoms with Gasteiger partial charge in [0.2, 0.25) is 5.96 Å². The Morgan fingerprint density at radius 2 is 1.93 bits per heavy atom. The van der Waals surface area contributed by atoms with Crippen LogP contribution in [0.1, 0.15) is 42.4 Å². The molecule has 0 saturated carbocycles. The minimum atomic E-state index is -0.713. The minimum absolute atomic E-state index is 0.0506. The zero-order valence-corrected chi connectivity index (χ0v) is 16.8. The van der Waals surface area contributed by atoms with Crippen LogP contribution in [0, 0.1) is 0 Å². The third-order valence-corrected chi connectivity index (χ3v) is 6.13. The van der Waals surface area contributed by atoms with Crippen LogP contribution in [-0.4, -0.2) is 60.4 Å². The summed E-state index contributed by atoms with van der Waals surface area (Å²) < 4.78 is 0. The smallest absolute Gasteiger partial charge is 0.317 e. The van der Waals surface area contributed by atoms with Gasteiger partial charge in [-0.3, -0.25) is 10.1 Å². The maximum atomic E-state index is 12.6. The molecule has 0 unspecified atom stereocenters. The van der Waals surface area contributed by atoms with Gasteiger partial charge >= 0.3 is 6.03 Å². The second-order valence-corrected chi connectivity index (χ2v) is 8.27. The molecule has 0 atom stereocenters. The molecule has 150 valence electrons. The summed E-state index contributed by atoms with van der Waals surface area (Å²) in [5.41, 5.74) is 3.32. The fourth-order valence-corrected chi connectivity index (χ4v) is 4.32. The summed E-state index contributed by atoms with van der Waals surface area (Å²) in [5.74, 6) is 0.556. The number of likely N-dealkylation sites (tertiary alicyclic amines) is 1. The molecule has 4 rings (SSSR count). The first-order chi connectivity index (χ1) is 13.5. The Morgan fingerprint density at radius 3 is 2.61 bits per heavy atom. The lowest BCUT2D eigenvalue weighted by Gasteiger charge is -2.35. The minimum Gasteiger partial charge on any atom is -0.349 e. The molecular formula is C21H29N5O2. The van der Waals surface area contributed by atoms with Crippen LogP contribution in [0.4, 0.5) is 4.79 Å². The van der Waals surface area contributed by atoms with Crippen molar-refractivity contribution in [2.45, 2.75) is 50.6 Å². The van der Waals surface area contributed by atoms with E-state index in [1.807, 2.05) is 19.0 Å². The zero-order valence-electron chi connectivity index (χ0n) is 16.8. The van der Waals surface area contributed by atoms with E-state index >= 15 is 0 Å². The lowest BCUT2D eigenvalue weighted by Crippen LogP contribution is -2.52. The molecule has 1 saturated heterocycles. The van der Waals surface area contributed by atoms with Crippen LogP contribution in [0.25, 0.3) is 0 Å². The van der Waals surface area contributed by atoms with Crippen LogP contribution in [0.3, 0.4) is 0 Å². The number of hydrogen-bond acceptors (Lipinski definition) is 4. The quantitative estimate of drug-likeness (QED) is 0.815. The molecule has 7 nitrogen and oxygen atoms in total. The SMILES string of the molecule is CN(C)C1=NC2(CCN(C(=O)NCc3ccc4c(c3)CCCC4)CC2)C(=O)N1. The highest BCUT2D eigenvalue weighted by atomic mass is 16.2. The van der Waals surface area contributed by atoms with Gasteiger partial charge in [0.15, 0.2) is 0 Å². The fraction of sp³-hybridized carbons (Fsp3) is 0.571. The normalized spacial score (nSPS) is 20.4. The Kier molecular flexibility index (Phi) is 5.00. The van der Waals surface area contributed by atoms with E-state index < -0.39 is 5.54 Å². The molecule has 2 heterocycles. The first-order valence-electron chi connectivity index (χ1n) is 10.2. The molecule has 1 aliphatic carbocycles. The van der Waals surface area contributed by atoms with Gasteiger partial charge in [-0.15, -0.1) is 0 Å². The Balaban J connectivity index is 1.32. The van der Waals surface area contributed by atoms with Crippen LogP contribution in [-0.2, 0) is 24.2 Å². The maximum Gasteiger partial charge on any atom is 0.317 e. The van der Waals surface area contributed by atoms with Crippen molar-refractivity contribution in [3.63, 3.8) is 0 Å². The number of nitrogens with zero attached hydrogens (tertiary/aromatic N) is 3. The van der Waals surface area contributed by atoms with Gasteiger partial charge in [-0.2, -0.15) is 0 Å². The van der Waals surface area contributed by atoms with Crippen molar-refractivity contribution in [1.29, 1.82) is 0 Å². The lowest BCUT2D eigenvalue weighted by atomic mass is 9.88. The lowest BCUT2D eigenvalue weighted by molar-refractivity contribution is -0.125. The highest BCUT2D eigenvalue weighted by Crippen LogP contribution is 2.30. The standard InChI is InChI=1S/C21H29N5O2/c1-25(2)19-23-18(27)21(24-19)9-11-26(12-10-21)20(28)22-14-15-7-8-16-5-3-4-6-17(16)13-15/h7-8,13H,3-6,9-12,14H2,1-2H3,(H,22,28)(H,23,24,27). The van der Waals surface area contributed by atoms with Crippen LogP contribution < -0.4 is 10.6 Å². The summed E-state index contributed by atoms with van der Waals surface area (Å²) in [5, 5.41) is 5.88. The Labute approximate surface area is 166 Å². The molecule has 2 N–H and O–H groups in total. The molecule has 1 aromatic carbocycles. The van der Waals surface area contributed by atoms with Crippen molar-refractivity contribution in [1.82, 2.24) is 20.4 Å². The molecule has 0 aromatic heterocycles. The summed E-state index contributed by atoms with van der Waals surface area (Å²) in [6, 6.07) is 6.50. The Morgan fingerprint density at radius 1 is 1.21 bits per heavy atom. The highest BCUT2D eigenvalue weighted by molar-refractivity contribution is 6.07. The molecule has 3 amide bonds. The molecular weight excluding hydrogens is 354 g/mol. The van der Waals surface area contributed by atoms with Gasteiger partial charge < -0.3 is 15.1 Å². The van der Waals surface area contributed by atoms with Crippen LogP contribution >= 0.6 is 0 Å². The third-order valence-electron chi connectivity index (χ3n) is 6.13. The number of rotatable bonds is 2. The van der Waals surface area contributed by atoms with Crippen molar-refractivity contribution in [2.24, 2.45) is 4.99 Å². The number of aryl methyl sites for hydroxylation is 2. The molecule has 1 spiro atoms. The van der Waals surface area contributed by atoms with Gasteiger partial charge in [-0.1, -0.05) is 18.2 Å². The average molecular weight is 383 g/mol.